The van der Waals surface area contributed by atoms with Crippen molar-refractivity contribution in [3.63, 3.8) is 0 Å². The van der Waals surface area contributed by atoms with Crippen molar-refractivity contribution >= 4 is 5.71 Å². The zero-order chi connectivity index (χ0) is 16.6. The fourth-order valence-electron chi connectivity index (χ4n) is 3.18. The first-order valence-electron chi connectivity index (χ1n) is 7.64. The highest BCUT2D eigenvalue weighted by Gasteiger charge is 2.55. The van der Waals surface area contributed by atoms with Crippen molar-refractivity contribution in [2.45, 2.75) is 32.0 Å². The van der Waals surface area contributed by atoms with Gasteiger partial charge < -0.3 is 10.4 Å². The molecule has 2 aromatic rings. The van der Waals surface area contributed by atoms with Crippen molar-refractivity contribution in [2.75, 3.05) is 0 Å². The summed E-state index contributed by atoms with van der Waals surface area (Å²) in [6.45, 7) is 3.56. The Labute approximate surface area is 134 Å². The first kappa shape index (κ1) is 15.6. The van der Waals surface area contributed by atoms with Crippen LogP contribution in [0.3, 0.4) is 0 Å². The van der Waals surface area contributed by atoms with E-state index in [2.05, 4.69) is 0 Å². The van der Waals surface area contributed by atoms with Crippen LogP contribution in [0.25, 0.3) is 0 Å². The Morgan fingerprint density at radius 3 is 2.35 bits per heavy atom. The SMILES string of the molecule is CCC1C(c2ccccc2)=[N+]([O-])C(C)(c2ccc(F)cc2)N1O. The molecule has 120 valence electrons. The second kappa shape index (κ2) is 5.76. The molecule has 0 radical (unpaired) electrons. The van der Waals surface area contributed by atoms with E-state index >= 15 is 0 Å². The van der Waals surface area contributed by atoms with Gasteiger partial charge in [-0.2, -0.15) is 4.74 Å². The smallest absolute Gasteiger partial charge is 0.274 e. The van der Waals surface area contributed by atoms with Crippen LogP contribution < -0.4 is 0 Å². The molecular formula is C18H19FN2O2. The molecule has 2 aromatic carbocycles. The Morgan fingerprint density at radius 2 is 1.78 bits per heavy atom. The van der Waals surface area contributed by atoms with Gasteiger partial charge in [-0.15, -0.1) is 5.06 Å². The normalized spacial score (nSPS) is 25.1. The summed E-state index contributed by atoms with van der Waals surface area (Å²) in [4.78, 5) is 0. The first-order chi connectivity index (χ1) is 11.0. The number of hydroxylamine groups is 3. The van der Waals surface area contributed by atoms with Crippen LogP contribution in [-0.4, -0.2) is 26.8 Å². The molecule has 0 bridgehead atoms. The number of benzene rings is 2. The zero-order valence-electron chi connectivity index (χ0n) is 13.1. The van der Waals surface area contributed by atoms with E-state index in [1.807, 2.05) is 37.3 Å². The van der Waals surface area contributed by atoms with Crippen LogP contribution in [0.1, 0.15) is 31.4 Å². The molecule has 1 aliphatic heterocycles. The maximum absolute atomic E-state index is 13.2. The van der Waals surface area contributed by atoms with Gasteiger partial charge in [-0.1, -0.05) is 25.1 Å². The minimum atomic E-state index is -1.29. The van der Waals surface area contributed by atoms with Crippen molar-refractivity contribution in [2.24, 2.45) is 0 Å². The summed E-state index contributed by atoms with van der Waals surface area (Å²) in [6, 6.07) is 14.5. The van der Waals surface area contributed by atoms with Gasteiger partial charge in [0.2, 0.25) is 5.71 Å². The molecule has 23 heavy (non-hydrogen) atoms. The molecule has 0 aliphatic carbocycles. The zero-order valence-corrected chi connectivity index (χ0v) is 13.1. The Morgan fingerprint density at radius 1 is 1.17 bits per heavy atom. The molecule has 2 unspecified atom stereocenters. The highest BCUT2D eigenvalue weighted by molar-refractivity contribution is 6.01. The summed E-state index contributed by atoms with van der Waals surface area (Å²) in [7, 11) is 0. The van der Waals surface area contributed by atoms with E-state index in [0.29, 0.717) is 17.7 Å². The van der Waals surface area contributed by atoms with Crippen LogP contribution >= 0.6 is 0 Å². The lowest BCUT2D eigenvalue weighted by atomic mass is 10.0. The minimum absolute atomic E-state index is 0.378. The van der Waals surface area contributed by atoms with Crippen molar-refractivity contribution < 1.29 is 14.3 Å². The summed E-state index contributed by atoms with van der Waals surface area (Å²) in [6.07, 6.45) is 0.580. The second-order valence-electron chi connectivity index (χ2n) is 5.84. The molecule has 1 heterocycles. The summed E-state index contributed by atoms with van der Waals surface area (Å²) in [5.41, 5.74) is 0.543. The lowest BCUT2D eigenvalue weighted by molar-refractivity contribution is -0.595. The third-order valence-electron chi connectivity index (χ3n) is 4.52. The molecule has 0 aromatic heterocycles. The highest BCUT2D eigenvalue weighted by atomic mass is 19.1. The van der Waals surface area contributed by atoms with E-state index in [-0.39, 0.29) is 5.82 Å². The summed E-state index contributed by atoms with van der Waals surface area (Å²) in [5.74, 6) is -0.378. The van der Waals surface area contributed by atoms with Crippen LogP contribution in [0.4, 0.5) is 4.39 Å². The van der Waals surface area contributed by atoms with Crippen molar-refractivity contribution in [3.8, 4) is 0 Å². The fourth-order valence-corrected chi connectivity index (χ4v) is 3.18. The van der Waals surface area contributed by atoms with Crippen LogP contribution in [0.15, 0.2) is 54.6 Å². The monoisotopic (exact) mass is 314 g/mol. The Kier molecular flexibility index (Phi) is 3.92. The third-order valence-corrected chi connectivity index (χ3v) is 4.52. The predicted molar refractivity (Wildman–Crippen MR) is 85.6 cm³/mol. The summed E-state index contributed by atoms with van der Waals surface area (Å²) < 4.78 is 14.0. The maximum atomic E-state index is 13.2. The van der Waals surface area contributed by atoms with E-state index in [4.69, 9.17) is 0 Å². The average molecular weight is 314 g/mol. The number of hydrogen-bond acceptors (Lipinski definition) is 3. The van der Waals surface area contributed by atoms with Crippen LogP contribution in [-0.2, 0) is 5.66 Å². The van der Waals surface area contributed by atoms with Crippen molar-refractivity contribution in [1.82, 2.24) is 5.06 Å². The van der Waals surface area contributed by atoms with Gasteiger partial charge in [-0.3, -0.25) is 0 Å². The molecule has 0 saturated heterocycles. The highest BCUT2D eigenvalue weighted by Crippen LogP contribution is 2.37. The molecule has 0 amide bonds. The van der Waals surface area contributed by atoms with Gasteiger partial charge in [0.1, 0.15) is 11.9 Å². The number of nitrogens with zero attached hydrogens (tertiary/aromatic N) is 2. The molecular weight excluding hydrogens is 295 g/mol. The van der Waals surface area contributed by atoms with E-state index < -0.39 is 11.7 Å². The van der Waals surface area contributed by atoms with E-state index in [1.165, 1.54) is 24.3 Å². The molecule has 3 rings (SSSR count). The lowest BCUT2D eigenvalue weighted by Gasteiger charge is -2.30. The van der Waals surface area contributed by atoms with Gasteiger partial charge in [-0.25, -0.2) is 4.39 Å². The largest absolute Gasteiger partial charge is 0.622 e. The fraction of sp³-hybridized carbons (Fsp3) is 0.278. The maximum Gasteiger partial charge on any atom is 0.274 e. The van der Waals surface area contributed by atoms with Gasteiger partial charge >= 0.3 is 0 Å². The lowest BCUT2D eigenvalue weighted by Crippen LogP contribution is -2.46. The van der Waals surface area contributed by atoms with E-state index in [9.17, 15) is 14.8 Å². The molecule has 1 aliphatic rings. The van der Waals surface area contributed by atoms with Gasteiger partial charge in [-0.05, 0) is 42.8 Å². The van der Waals surface area contributed by atoms with Gasteiger partial charge in [0.05, 0.1) is 0 Å². The number of rotatable bonds is 3. The molecule has 0 spiro atoms. The Hall–Kier alpha value is -2.24. The summed E-state index contributed by atoms with van der Waals surface area (Å²) in [5, 5.41) is 24.9. The molecule has 1 N–H and O–H groups in total. The summed E-state index contributed by atoms with van der Waals surface area (Å²) >= 11 is 0. The third kappa shape index (κ3) is 2.33. The van der Waals surface area contributed by atoms with Crippen LogP contribution in [0, 0.1) is 11.0 Å². The quantitative estimate of drug-likeness (QED) is 0.697. The van der Waals surface area contributed by atoms with E-state index in [0.717, 1.165) is 15.4 Å². The topological polar surface area (TPSA) is 49.5 Å². The second-order valence-corrected chi connectivity index (χ2v) is 5.84. The molecule has 5 heteroatoms. The standard InChI is InChI=1S/C18H19FN2O2/c1-3-16-17(13-7-5-4-6-8-13)21(23)18(2,20(16)22)14-9-11-15(19)12-10-14/h4-12,16,22H,3H2,1-2H3. The Balaban J connectivity index is 2.18. The van der Waals surface area contributed by atoms with E-state index in [1.54, 1.807) is 6.92 Å². The molecule has 2 atom stereocenters. The van der Waals surface area contributed by atoms with Crippen LogP contribution in [0.5, 0.6) is 0 Å². The van der Waals surface area contributed by atoms with Gasteiger partial charge in [0.15, 0.2) is 0 Å². The minimum Gasteiger partial charge on any atom is -0.622 e. The van der Waals surface area contributed by atoms with Gasteiger partial charge in [0, 0.05) is 18.1 Å². The average Bonchev–Trinajstić information content (AvgIpc) is 2.77. The van der Waals surface area contributed by atoms with Crippen molar-refractivity contribution in [3.05, 3.63) is 76.7 Å². The Bertz CT molecular complexity index is 730. The number of halogens is 1. The molecule has 0 fully saturated rings. The first-order valence-corrected chi connectivity index (χ1v) is 7.64. The van der Waals surface area contributed by atoms with Crippen molar-refractivity contribution in [1.29, 1.82) is 0 Å². The van der Waals surface area contributed by atoms with Crippen LogP contribution in [0.2, 0.25) is 0 Å². The van der Waals surface area contributed by atoms with Gasteiger partial charge in [0.25, 0.3) is 5.66 Å². The number of hydrogen-bond donors (Lipinski definition) is 1. The molecule has 4 nitrogen and oxygen atoms in total. The molecule has 0 saturated carbocycles. The predicted octanol–water partition coefficient (Wildman–Crippen LogP) is 3.48.